The molecule has 0 bridgehead atoms. The van der Waals surface area contributed by atoms with Crippen LogP contribution in [0, 0.1) is 33.5 Å². The molecular formula is C40H64N2O4. The molecule has 0 aromatic carbocycles. The van der Waals surface area contributed by atoms with Gasteiger partial charge in [0.1, 0.15) is 0 Å². The molecule has 0 spiro atoms. The fraction of sp³-hybridized carbons (Fsp3) is 0.700. The average molecular weight is 637 g/mol. The molecule has 46 heavy (non-hydrogen) atoms. The first-order chi connectivity index (χ1) is 21.0. The molecule has 0 fully saturated rings. The molecule has 0 heterocycles. The second-order valence-electron chi connectivity index (χ2n) is 17.8. The van der Waals surface area contributed by atoms with E-state index in [9.17, 15) is 19.2 Å². The SMILES string of the molecule is CC(C)(C)C1=CC(CC(=O)C(=O)NCCCCCCNC(=O)C(=O)CC2=CC(C(C)(C)C)CC(C(C)(C)C)=C2)=CC(C(C)(C)C)C1. The summed E-state index contributed by atoms with van der Waals surface area (Å²) in [5.74, 6) is -1.20. The molecule has 2 atom stereocenters. The minimum Gasteiger partial charge on any atom is -0.349 e. The molecule has 2 amide bonds. The molecule has 0 aliphatic heterocycles. The highest BCUT2D eigenvalue weighted by Gasteiger charge is 2.32. The Bertz CT molecular complexity index is 1150. The summed E-state index contributed by atoms with van der Waals surface area (Å²) in [5.41, 5.74) is 4.71. The van der Waals surface area contributed by atoms with Crippen LogP contribution in [0.4, 0.5) is 0 Å². The maximum Gasteiger partial charge on any atom is 0.287 e. The first-order valence-electron chi connectivity index (χ1n) is 17.4. The Morgan fingerprint density at radius 1 is 0.565 bits per heavy atom. The van der Waals surface area contributed by atoms with Crippen molar-refractivity contribution < 1.29 is 19.2 Å². The lowest BCUT2D eigenvalue weighted by Gasteiger charge is -2.36. The normalized spacial score (nSPS) is 19.4. The minimum absolute atomic E-state index is 0.0174. The minimum atomic E-state index is -0.526. The van der Waals surface area contributed by atoms with Crippen molar-refractivity contribution in [3.63, 3.8) is 0 Å². The number of rotatable bonds is 13. The Morgan fingerprint density at radius 3 is 1.17 bits per heavy atom. The van der Waals surface area contributed by atoms with Gasteiger partial charge in [0.25, 0.3) is 11.8 Å². The fourth-order valence-corrected chi connectivity index (χ4v) is 5.88. The van der Waals surface area contributed by atoms with Gasteiger partial charge >= 0.3 is 0 Å². The van der Waals surface area contributed by atoms with Gasteiger partial charge in [-0.15, -0.1) is 0 Å². The van der Waals surface area contributed by atoms with E-state index < -0.39 is 23.4 Å². The molecule has 2 N–H and O–H groups in total. The number of amides is 2. The van der Waals surface area contributed by atoms with Gasteiger partial charge in [-0.3, -0.25) is 19.2 Å². The summed E-state index contributed by atoms with van der Waals surface area (Å²) in [6.45, 7) is 27.4. The Balaban J connectivity index is 1.72. The molecular weight excluding hydrogens is 572 g/mol. The number of unbranched alkanes of at least 4 members (excludes halogenated alkanes) is 3. The molecule has 2 rings (SSSR count). The third-order valence-electron chi connectivity index (χ3n) is 9.49. The zero-order valence-corrected chi connectivity index (χ0v) is 31.2. The summed E-state index contributed by atoms with van der Waals surface area (Å²) >= 11 is 0. The van der Waals surface area contributed by atoms with Gasteiger partial charge in [-0.05, 0) is 70.3 Å². The maximum absolute atomic E-state index is 12.7. The summed E-state index contributed by atoms with van der Waals surface area (Å²) < 4.78 is 0. The van der Waals surface area contributed by atoms with Crippen molar-refractivity contribution in [2.24, 2.45) is 33.5 Å². The predicted octanol–water partition coefficient (Wildman–Crippen LogP) is 8.63. The quantitative estimate of drug-likeness (QED) is 0.156. The highest BCUT2D eigenvalue weighted by atomic mass is 16.2. The van der Waals surface area contributed by atoms with Gasteiger partial charge in [-0.2, -0.15) is 0 Å². The number of allylic oxidation sites excluding steroid dienone is 8. The van der Waals surface area contributed by atoms with Gasteiger partial charge in [0.2, 0.25) is 11.6 Å². The Kier molecular flexibility index (Phi) is 13.6. The lowest BCUT2D eigenvalue weighted by molar-refractivity contribution is -0.137. The van der Waals surface area contributed by atoms with Gasteiger partial charge in [0.05, 0.1) is 0 Å². The molecule has 0 aromatic rings. The van der Waals surface area contributed by atoms with Gasteiger partial charge in [0, 0.05) is 25.9 Å². The van der Waals surface area contributed by atoms with E-state index in [1.165, 1.54) is 11.1 Å². The largest absolute Gasteiger partial charge is 0.349 e. The van der Waals surface area contributed by atoms with Crippen LogP contribution in [0.2, 0.25) is 0 Å². The lowest BCUT2D eigenvalue weighted by Crippen LogP contribution is -2.33. The average Bonchev–Trinajstić information content (AvgIpc) is 2.91. The molecule has 2 unspecified atom stereocenters. The van der Waals surface area contributed by atoms with Crippen molar-refractivity contribution in [2.45, 2.75) is 134 Å². The first kappa shape index (κ1) is 39.4. The van der Waals surface area contributed by atoms with Crippen LogP contribution in [0.25, 0.3) is 0 Å². The highest BCUT2D eigenvalue weighted by Crippen LogP contribution is 2.43. The third kappa shape index (κ3) is 12.8. The second kappa shape index (κ2) is 15.9. The summed E-state index contributed by atoms with van der Waals surface area (Å²) in [6, 6.07) is 0. The lowest BCUT2D eigenvalue weighted by atomic mass is 9.69. The van der Waals surface area contributed by atoms with E-state index in [0.717, 1.165) is 49.7 Å². The van der Waals surface area contributed by atoms with Crippen molar-refractivity contribution in [1.82, 2.24) is 10.6 Å². The van der Waals surface area contributed by atoms with Crippen LogP contribution in [0.5, 0.6) is 0 Å². The molecule has 0 aromatic heterocycles. The summed E-state index contributed by atoms with van der Waals surface area (Å²) in [4.78, 5) is 50.5. The molecule has 2 aliphatic carbocycles. The van der Waals surface area contributed by atoms with Crippen LogP contribution < -0.4 is 10.6 Å². The van der Waals surface area contributed by atoms with Gasteiger partial charge in [0.15, 0.2) is 0 Å². The standard InChI is InChI=1S/C40H64N2O4/c1-37(2,3)29-19-27(20-30(25-29)38(4,5)6)23-33(43)35(45)41-17-15-13-14-16-18-42-36(46)34(44)24-28-21-31(39(7,8)9)26-32(22-28)40(10,11)12/h19-22,29,31H,13-18,23-26H2,1-12H3,(H,41,45)(H,42,46). The molecule has 258 valence electrons. The maximum atomic E-state index is 12.7. The van der Waals surface area contributed by atoms with Crippen LogP contribution in [-0.2, 0) is 19.2 Å². The van der Waals surface area contributed by atoms with Crippen molar-refractivity contribution in [3.05, 3.63) is 46.6 Å². The van der Waals surface area contributed by atoms with Crippen molar-refractivity contribution in [2.75, 3.05) is 13.1 Å². The van der Waals surface area contributed by atoms with Crippen LogP contribution in [-0.4, -0.2) is 36.5 Å². The number of hydrogen-bond acceptors (Lipinski definition) is 4. The number of nitrogens with one attached hydrogen (secondary N) is 2. The van der Waals surface area contributed by atoms with E-state index in [0.29, 0.717) is 24.9 Å². The van der Waals surface area contributed by atoms with Crippen molar-refractivity contribution >= 4 is 23.4 Å². The molecule has 0 radical (unpaired) electrons. The Hall–Kier alpha value is -2.76. The highest BCUT2D eigenvalue weighted by molar-refractivity contribution is 6.37. The number of hydrogen-bond donors (Lipinski definition) is 2. The van der Waals surface area contributed by atoms with Crippen molar-refractivity contribution in [3.8, 4) is 0 Å². The molecule has 0 saturated carbocycles. The Labute approximate surface area is 280 Å². The third-order valence-corrected chi connectivity index (χ3v) is 9.49. The zero-order chi connectivity index (χ0) is 35.1. The van der Waals surface area contributed by atoms with E-state index in [2.05, 4.69) is 118 Å². The number of Topliss-reactive ketones (excluding diaryl/α,β-unsaturated/α-hetero) is 2. The molecule has 6 heteroatoms. The Morgan fingerprint density at radius 2 is 0.891 bits per heavy atom. The van der Waals surface area contributed by atoms with E-state index in [1.54, 1.807) is 0 Å². The fourth-order valence-electron chi connectivity index (χ4n) is 5.88. The van der Waals surface area contributed by atoms with Crippen LogP contribution in [0.15, 0.2) is 46.6 Å². The topological polar surface area (TPSA) is 92.3 Å². The van der Waals surface area contributed by atoms with Crippen LogP contribution in [0.3, 0.4) is 0 Å². The van der Waals surface area contributed by atoms with Gasteiger partial charge in [-0.25, -0.2) is 0 Å². The molecule has 0 saturated heterocycles. The number of carbonyl (C=O) groups is 4. The monoisotopic (exact) mass is 636 g/mol. The summed E-state index contributed by atoms with van der Waals surface area (Å²) in [5, 5.41) is 5.56. The smallest absolute Gasteiger partial charge is 0.287 e. The number of ketones is 2. The molecule has 6 nitrogen and oxygen atoms in total. The van der Waals surface area contributed by atoms with Crippen LogP contribution in [0.1, 0.15) is 134 Å². The first-order valence-corrected chi connectivity index (χ1v) is 17.4. The summed E-state index contributed by atoms with van der Waals surface area (Å²) in [6.07, 6.45) is 14.0. The van der Waals surface area contributed by atoms with Gasteiger partial charge in [-0.1, -0.05) is 131 Å². The van der Waals surface area contributed by atoms with Crippen LogP contribution >= 0.6 is 0 Å². The van der Waals surface area contributed by atoms with E-state index >= 15 is 0 Å². The van der Waals surface area contributed by atoms with E-state index in [-0.39, 0.29) is 34.5 Å². The predicted molar refractivity (Wildman–Crippen MR) is 190 cm³/mol. The van der Waals surface area contributed by atoms with Crippen molar-refractivity contribution in [1.29, 1.82) is 0 Å². The molecule has 2 aliphatic rings. The number of carbonyl (C=O) groups excluding carboxylic acids is 4. The summed E-state index contributed by atoms with van der Waals surface area (Å²) in [7, 11) is 0. The van der Waals surface area contributed by atoms with Gasteiger partial charge < -0.3 is 10.6 Å². The zero-order valence-electron chi connectivity index (χ0n) is 31.2. The second-order valence-corrected chi connectivity index (χ2v) is 17.8. The van der Waals surface area contributed by atoms with E-state index in [1.807, 2.05) is 0 Å². The van der Waals surface area contributed by atoms with E-state index in [4.69, 9.17) is 0 Å².